The zero-order valence-corrected chi connectivity index (χ0v) is 11.5. The predicted molar refractivity (Wildman–Crippen MR) is 66.1 cm³/mol. The smallest absolute Gasteiger partial charge is 0.324 e. The first-order valence-corrected chi connectivity index (χ1v) is 7.82. The number of carbonyl (C=O) groups excluding carboxylic acids is 1. The summed E-state index contributed by atoms with van der Waals surface area (Å²) in [6.45, 7) is 1.54. The van der Waals surface area contributed by atoms with Crippen LogP contribution in [0.25, 0.3) is 0 Å². The quantitative estimate of drug-likeness (QED) is 0.698. The maximum absolute atomic E-state index is 12.5. The van der Waals surface area contributed by atoms with E-state index in [1.807, 2.05) is 0 Å². The van der Waals surface area contributed by atoms with Gasteiger partial charge >= 0.3 is 5.97 Å². The molecule has 0 bridgehead atoms. The van der Waals surface area contributed by atoms with E-state index in [4.69, 9.17) is 0 Å². The molecule has 2 aliphatic heterocycles. The molecule has 7 heteroatoms. The molecule has 104 valence electrons. The molecule has 6 nitrogen and oxygen atoms in total. The zero-order chi connectivity index (χ0) is 13.2. The first-order chi connectivity index (χ1) is 8.57. The molecule has 0 radical (unpaired) electrons. The van der Waals surface area contributed by atoms with Crippen molar-refractivity contribution in [2.75, 3.05) is 26.7 Å². The van der Waals surface area contributed by atoms with Crippen molar-refractivity contribution in [2.45, 2.75) is 38.1 Å². The summed E-state index contributed by atoms with van der Waals surface area (Å²) >= 11 is 0. The molecule has 0 aliphatic carbocycles. The molecule has 0 amide bonds. The predicted octanol–water partition coefficient (Wildman–Crippen LogP) is 0.354. The number of ether oxygens (including phenoxy) is 1. The Morgan fingerprint density at radius 2 is 1.78 bits per heavy atom. The summed E-state index contributed by atoms with van der Waals surface area (Å²) in [7, 11) is -2.20. The van der Waals surface area contributed by atoms with E-state index in [9.17, 15) is 13.2 Å². The van der Waals surface area contributed by atoms with Crippen LogP contribution in [-0.2, 0) is 19.7 Å². The summed E-state index contributed by atoms with van der Waals surface area (Å²) in [6.07, 6.45) is 4.14. The Bertz CT molecular complexity index is 403. The minimum Gasteiger partial charge on any atom is -0.468 e. The third-order valence-electron chi connectivity index (χ3n) is 3.61. The fraction of sp³-hybridized carbons (Fsp3) is 0.909. The highest BCUT2D eigenvalue weighted by Gasteiger charge is 2.42. The number of hydrogen-bond donors (Lipinski definition) is 0. The molecular weight excluding hydrogens is 256 g/mol. The summed E-state index contributed by atoms with van der Waals surface area (Å²) in [5.74, 6) is -0.451. The van der Waals surface area contributed by atoms with Crippen LogP contribution in [0.3, 0.4) is 0 Å². The summed E-state index contributed by atoms with van der Waals surface area (Å²) in [5, 5.41) is 0. The lowest BCUT2D eigenvalue weighted by atomic mass is 10.2. The van der Waals surface area contributed by atoms with Crippen LogP contribution >= 0.6 is 0 Å². The van der Waals surface area contributed by atoms with Crippen molar-refractivity contribution >= 4 is 16.2 Å². The van der Waals surface area contributed by atoms with Gasteiger partial charge in [-0.05, 0) is 25.7 Å². The second kappa shape index (κ2) is 5.54. The van der Waals surface area contributed by atoms with Gasteiger partial charge in [-0.2, -0.15) is 17.0 Å². The molecule has 2 saturated heterocycles. The second-order valence-electron chi connectivity index (χ2n) is 4.76. The van der Waals surface area contributed by atoms with Gasteiger partial charge in [-0.15, -0.1) is 0 Å². The molecule has 2 aliphatic rings. The van der Waals surface area contributed by atoms with E-state index >= 15 is 0 Å². The van der Waals surface area contributed by atoms with Crippen LogP contribution < -0.4 is 0 Å². The highest BCUT2D eigenvalue weighted by Crippen LogP contribution is 2.26. The van der Waals surface area contributed by atoms with Crippen LogP contribution in [0.4, 0.5) is 0 Å². The molecule has 0 aromatic carbocycles. The number of hydrogen-bond acceptors (Lipinski definition) is 4. The van der Waals surface area contributed by atoms with E-state index in [1.54, 1.807) is 0 Å². The molecule has 1 atom stereocenters. The van der Waals surface area contributed by atoms with Gasteiger partial charge < -0.3 is 4.74 Å². The maximum Gasteiger partial charge on any atom is 0.324 e. The molecule has 0 spiro atoms. The monoisotopic (exact) mass is 276 g/mol. The van der Waals surface area contributed by atoms with Crippen molar-refractivity contribution in [3.8, 4) is 0 Å². The number of piperidine rings is 1. The Morgan fingerprint density at radius 3 is 2.39 bits per heavy atom. The molecule has 2 heterocycles. The van der Waals surface area contributed by atoms with E-state index in [1.165, 1.54) is 15.7 Å². The highest BCUT2D eigenvalue weighted by molar-refractivity contribution is 7.86. The minimum absolute atomic E-state index is 0.415. The highest BCUT2D eigenvalue weighted by atomic mass is 32.2. The van der Waals surface area contributed by atoms with Gasteiger partial charge in [0.2, 0.25) is 0 Å². The normalized spacial score (nSPS) is 27.3. The first-order valence-electron chi connectivity index (χ1n) is 6.42. The Balaban J connectivity index is 2.15. The molecule has 0 saturated carbocycles. The lowest BCUT2D eigenvalue weighted by molar-refractivity contribution is -0.144. The molecule has 2 fully saturated rings. The Hall–Kier alpha value is -0.660. The van der Waals surface area contributed by atoms with Gasteiger partial charge in [-0.1, -0.05) is 6.42 Å². The van der Waals surface area contributed by atoms with Crippen LogP contribution in [0, 0.1) is 0 Å². The van der Waals surface area contributed by atoms with Crippen LogP contribution in [-0.4, -0.2) is 55.8 Å². The maximum atomic E-state index is 12.5. The zero-order valence-electron chi connectivity index (χ0n) is 10.7. The van der Waals surface area contributed by atoms with Gasteiger partial charge in [0, 0.05) is 19.6 Å². The Morgan fingerprint density at radius 1 is 1.11 bits per heavy atom. The average molecular weight is 276 g/mol. The van der Waals surface area contributed by atoms with Crippen molar-refractivity contribution in [3.05, 3.63) is 0 Å². The van der Waals surface area contributed by atoms with E-state index < -0.39 is 22.2 Å². The molecule has 2 rings (SSSR count). The van der Waals surface area contributed by atoms with Gasteiger partial charge in [-0.3, -0.25) is 4.79 Å². The topological polar surface area (TPSA) is 66.9 Å². The molecule has 0 aromatic rings. The van der Waals surface area contributed by atoms with Gasteiger partial charge in [0.1, 0.15) is 6.04 Å². The number of nitrogens with zero attached hydrogens (tertiary/aromatic N) is 2. The largest absolute Gasteiger partial charge is 0.468 e. The standard InChI is InChI=1S/C11H20N2O4S/c1-17-11(14)10-6-5-9-13(10)18(15,16)12-7-3-2-4-8-12/h10H,2-9H2,1H3. The van der Waals surface area contributed by atoms with Crippen LogP contribution in [0.1, 0.15) is 32.1 Å². The van der Waals surface area contributed by atoms with Crippen molar-refractivity contribution < 1.29 is 17.9 Å². The number of esters is 1. The van der Waals surface area contributed by atoms with E-state index in [0.717, 1.165) is 19.3 Å². The minimum atomic E-state index is -3.50. The van der Waals surface area contributed by atoms with Crippen molar-refractivity contribution in [1.82, 2.24) is 8.61 Å². The lowest BCUT2D eigenvalue weighted by Gasteiger charge is -2.32. The van der Waals surface area contributed by atoms with Crippen LogP contribution in [0.15, 0.2) is 0 Å². The molecular formula is C11H20N2O4S. The first kappa shape index (κ1) is 13.8. The SMILES string of the molecule is COC(=O)C1CCCN1S(=O)(=O)N1CCCCC1. The molecule has 0 aromatic heterocycles. The Labute approximate surface area is 108 Å². The molecule has 18 heavy (non-hydrogen) atoms. The Kier molecular flexibility index (Phi) is 4.24. The van der Waals surface area contributed by atoms with Crippen molar-refractivity contribution in [3.63, 3.8) is 0 Å². The van der Waals surface area contributed by atoms with E-state index in [2.05, 4.69) is 4.74 Å². The van der Waals surface area contributed by atoms with Gasteiger partial charge in [-0.25, -0.2) is 0 Å². The van der Waals surface area contributed by atoms with E-state index in [-0.39, 0.29) is 0 Å². The summed E-state index contributed by atoms with van der Waals surface area (Å²) in [5.41, 5.74) is 0. The molecule has 1 unspecified atom stereocenters. The van der Waals surface area contributed by atoms with E-state index in [0.29, 0.717) is 32.5 Å². The number of methoxy groups -OCH3 is 1. The van der Waals surface area contributed by atoms with Crippen molar-refractivity contribution in [2.24, 2.45) is 0 Å². The molecule has 0 N–H and O–H groups in total. The van der Waals surface area contributed by atoms with Crippen LogP contribution in [0.5, 0.6) is 0 Å². The number of carbonyl (C=O) groups is 1. The number of rotatable bonds is 3. The second-order valence-corrected chi connectivity index (χ2v) is 6.64. The lowest BCUT2D eigenvalue weighted by Crippen LogP contribution is -2.50. The van der Waals surface area contributed by atoms with Gasteiger partial charge in [0.25, 0.3) is 10.2 Å². The van der Waals surface area contributed by atoms with Crippen molar-refractivity contribution in [1.29, 1.82) is 0 Å². The summed E-state index contributed by atoms with van der Waals surface area (Å²) in [6, 6.07) is -0.637. The summed E-state index contributed by atoms with van der Waals surface area (Å²) in [4.78, 5) is 11.6. The third kappa shape index (κ3) is 2.53. The van der Waals surface area contributed by atoms with Gasteiger partial charge in [0.15, 0.2) is 0 Å². The van der Waals surface area contributed by atoms with Crippen LogP contribution in [0.2, 0.25) is 0 Å². The van der Waals surface area contributed by atoms with Gasteiger partial charge in [0.05, 0.1) is 7.11 Å². The average Bonchev–Trinajstić information content (AvgIpc) is 2.89. The fourth-order valence-electron chi connectivity index (χ4n) is 2.63. The summed E-state index contributed by atoms with van der Waals surface area (Å²) < 4.78 is 32.4. The fourth-order valence-corrected chi connectivity index (χ4v) is 4.52. The third-order valence-corrected chi connectivity index (χ3v) is 5.66.